The molecule has 1 fully saturated rings. The van der Waals surface area contributed by atoms with Gasteiger partial charge in [0.05, 0.1) is 12.2 Å². The minimum Gasteiger partial charge on any atom is -0.391 e. The van der Waals surface area contributed by atoms with E-state index in [2.05, 4.69) is 9.97 Å². The number of hydrogen-bond donors (Lipinski definition) is 2. The first-order valence-electron chi connectivity index (χ1n) is 6.06. The Balaban J connectivity index is 2.08. The Bertz CT molecular complexity index is 394. The first-order chi connectivity index (χ1) is 8.64. The van der Waals surface area contributed by atoms with Gasteiger partial charge in [-0.2, -0.15) is 0 Å². The number of aromatic nitrogens is 2. The highest BCUT2D eigenvalue weighted by atomic mass is 16.5. The van der Waals surface area contributed by atoms with E-state index in [-0.39, 0.29) is 6.61 Å². The molecule has 0 aromatic carbocycles. The summed E-state index contributed by atoms with van der Waals surface area (Å²) in [5.41, 5.74) is -0.0827. The number of likely N-dealkylation sites (N-methyl/N-ethyl adjacent to an activating group) is 1. The average molecular weight is 253 g/mol. The predicted octanol–water partition coefficient (Wildman–Crippen LogP) is -0.0534. The standard InChI is InChI=1S/C12H19N3O3/c1-15(8-12(17)2-4-18-5-3-12)11-10(7-16)6-13-9-14-11/h6,9,16-17H,2-5,7-8H2,1H3. The molecule has 18 heavy (non-hydrogen) atoms. The van der Waals surface area contributed by atoms with Gasteiger partial charge in [-0.3, -0.25) is 0 Å². The van der Waals surface area contributed by atoms with Gasteiger partial charge in [0.2, 0.25) is 0 Å². The van der Waals surface area contributed by atoms with Crippen molar-refractivity contribution in [2.45, 2.75) is 25.0 Å². The van der Waals surface area contributed by atoms with Crippen molar-refractivity contribution < 1.29 is 14.9 Å². The van der Waals surface area contributed by atoms with Gasteiger partial charge in [-0.05, 0) is 0 Å². The van der Waals surface area contributed by atoms with E-state index in [9.17, 15) is 10.2 Å². The van der Waals surface area contributed by atoms with Crippen molar-refractivity contribution in [2.24, 2.45) is 0 Å². The van der Waals surface area contributed by atoms with Gasteiger partial charge >= 0.3 is 0 Å². The molecule has 100 valence electrons. The Morgan fingerprint density at radius 1 is 1.44 bits per heavy atom. The Hall–Kier alpha value is -1.24. The van der Waals surface area contributed by atoms with E-state index in [4.69, 9.17) is 4.74 Å². The second-order valence-electron chi connectivity index (χ2n) is 4.72. The molecule has 0 spiro atoms. The maximum Gasteiger partial charge on any atom is 0.137 e. The SMILES string of the molecule is CN(CC1(O)CCOCC1)c1ncncc1CO. The fourth-order valence-electron chi connectivity index (χ4n) is 2.23. The van der Waals surface area contributed by atoms with E-state index in [0.29, 0.717) is 44.0 Å². The topological polar surface area (TPSA) is 78.7 Å². The van der Waals surface area contributed by atoms with Crippen LogP contribution in [0.4, 0.5) is 5.82 Å². The second-order valence-corrected chi connectivity index (χ2v) is 4.72. The van der Waals surface area contributed by atoms with Crippen molar-refractivity contribution in [1.29, 1.82) is 0 Å². The molecule has 0 atom stereocenters. The number of hydrogen-bond acceptors (Lipinski definition) is 6. The molecule has 2 rings (SSSR count). The summed E-state index contributed by atoms with van der Waals surface area (Å²) in [6, 6.07) is 0. The average Bonchev–Trinajstić information content (AvgIpc) is 2.39. The van der Waals surface area contributed by atoms with Gasteiger partial charge in [0.25, 0.3) is 0 Å². The third-order valence-electron chi connectivity index (χ3n) is 3.25. The molecule has 2 heterocycles. The van der Waals surface area contributed by atoms with Crippen molar-refractivity contribution in [2.75, 3.05) is 31.7 Å². The summed E-state index contributed by atoms with van der Waals surface area (Å²) in [5.74, 6) is 0.660. The lowest BCUT2D eigenvalue weighted by molar-refractivity contribution is -0.0573. The Morgan fingerprint density at radius 3 is 2.83 bits per heavy atom. The van der Waals surface area contributed by atoms with Crippen molar-refractivity contribution in [3.8, 4) is 0 Å². The van der Waals surface area contributed by atoms with Crippen LogP contribution < -0.4 is 4.90 Å². The summed E-state index contributed by atoms with van der Waals surface area (Å²) in [4.78, 5) is 9.90. The van der Waals surface area contributed by atoms with Crippen LogP contribution in [0.15, 0.2) is 12.5 Å². The predicted molar refractivity (Wildman–Crippen MR) is 66.2 cm³/mol. The van der Waals surface area contributed by atoms with Crippen molar-refractivity contribution >= 4 is 5.82 Å². The van der Waals surface area contributed by atoms with Crippen LogP contribution in [-0.4, -0.2) is 52.6 Å². The summed E-state index contributed by atoms with van der Waals surface area (Å²) in [5, 5.41) is 19.7. The number of aliphatic hydroxyl groups excluding tert-OH is 1. The zero-order valence-corrected chi connectivity index (χ0v) is 10.5. The Morgan fingerprint density at radius 2 is 2.17 bits per heavy atom. The normalized spacial score (nSPS) is 18.6. The van der Waals surface area contributed by atoms with Crippen LogP contribution in [0.5, 0.6) is 0 Å². The van der Waals surface area contributed by atoms with E-state index in [1.165, 1.54) is 6.33 Å². The van der Waals surface area contributed by atoms with Crippen LogP contribution in [-0.2, 0) is 11.3 Å². The van der Waals surface area contributed by atoms with Crippen LogP contribution >= 0.6 is 0 Å². The molecular formula is C12H19N3O3. The van der Waals surface area contributed by atoms with Crippen LogP contribution in [0.3, 0.4) is 0 Å². The van der Waals surface area contributed by atoms with Crippen LogP contribution in [0.1, 0.15) is 18.4 Å². The molecule has 2 N–H and O–H groups in total. The van der Waals surface area contributed by atoms with Gasteiger partial charge in [-0.15, -0.1) is 0 Å². The number of ether oxygens (including phenoxy) is 1. The molecule has 1 aromatic rings. The van der Waals surface area contributed by atoms with Crippen molar-refractivity contribution in [3.05, 3.63) is 18.1 Å². The van der Waals surface area contributed by atoms with Gasteiger partial charge in [0, 0.05) is 51.4 Å². The van der Waals surface area contributed by atoms with Crippen LogP contribution in [0.25, 0.3) is 0 Å². The highest BCUT2D eigenvalue weighted by Gasteiger charge is 2.31. The molecule has 6 heteroatoms. The Kier molecular flexibility index (Phi) is 4.11. The maximum atomic E-state index is 10.4. The van der Waals surface area contributed by atoms with Gasteiger partial charge in [-0.1, -0.05) is 0 Å². The summed E-state index contributed by atoms with van der Waals surface area (Å²) >= 11 is 0. The third-order valence-corrected chi connectivity index (χ3v) is 3.25. The minimum absolute atomic E-state index is 0.109. The Labute approximate surface area is 106 Å². The maximum absolute atomic E-state index is 10.4. The molecule has 0 aliphatic carbocycles. The molecule has 0 unspecified atom stereocenters. The van der Waals surface area contributed by atoms with E-state index in [1.54, 1.807) is 6.20 Å². The quantitative estimate of drug-likeness (QED) is 0.783. The minimum atomic E-state index is -0.745. The lowest BCUT2D eigenvalue weighted by Crippen LogP contribution is -2.46. The monoisotopic (exact) mass is 253 g/mol. The fourth-order valence-corrected chi connectivity index (χ4v) is 2.23. The molecule has 1 aromatic heterocycles. The first-order valence-corrected chi connectivity index (χ1v) is 6.06. The molecule has 6 nitrogen and oxygen atoms in total. The van der Waals surface area contributed by atoms with Gasteiger partial charge in [-0.25, -0.2) is 9.97 Å². The number of nitrogens with zero attached hydrogens (tertiary/aromatic N) is 3. The van der Waals surface area contributed by atoms with Crippen LogP contribution in [0, 0.1) is 0 Å². The second kappa shape index (κ2) is 5.60. The molecule has 0 saturated carbocycles. The molecule has 1 saturated heterocycles. The lowest BCUT2D eigenvalue weighted by Gasteiger charge is -2.36. The first kappa shape index (κ1) is 13.2. The number of aliphatic hydroxyl groups is 2. The summed E-state index contributed by atoms with van der Waals surface area (Å²) in [7, 11) is 1.86. The highest BCUT2D eigenvalue weighted by molar-refractivity contribution is 5.44. The van der Waals surface area contributed by atoms with Crippen molar-refractivity contribution in [1.82, 2.24) is 9.97 Å². The van der Waals surface area contributed by atoms with Gasteiger partial charge in [0.1, 0.15) is 12.1 Å². The van der Waals surface area contributed by atoms with Gasteiger partial charge < -0.3 is 19.8 Å². The lowest BCUT2D eigenvalue weighted by atomic mass is 9.94. The zero-order chi connectivity index (χ0) is 13.0. The van der Waals surface area contributed by atoms with E-state index in [0.717, 1.165) is 0 Å². The zero-order valence-electron chi connectivity index (χ0n) is 10.5. The van der Waals surface area contributed by atoms with E-state index >= 15 is 0 Å². The third kappa shape index (κ3) is 2.95. The summed E-state index contributed by atoms with van der Waals surface area (Å²) in [6.07, 6.45) is 4.28. The molecule has 0 radical (unpaired) electrons. The highest BCUT2D eigenvalue weighted by Crippen LogP contribution is 2.24. The van der Waals surface area contributed by atoms with E-state index in [1.807, 2.05) is 11.9 Å². The van der Waals surface area contributed by atoms with Crippen LogP contribution in [0.2, 0.25) is 0 Å². The molecule has 1 aliphatic rings. The number of anilines is 1. The molecule has 0 amide bonds. The van der Waals surface area contributed by atoms with Gasteiger partial charge in [0.15, 0.2) is 0 Å². The number of rotatable bonds is 4. The largest absolute Gasteiger partial charge is 0.391 e. The van der Waals surface area contributed by atoms with Crippen molar-refractivity contribution in [3.63, 3.8) is 0 Å². The molecule has 0 bridgehead atoms. The summed E-state index contributed by atoms with van der Waals surface area (Å²) in [6.45, 7) is 1.53. The smallest absolute Gasteiger partial charge is 0.137 e. The molecular weight excluding hydrogens is 234 g/mol. The van der Waals surface area contributed by atoms with E-state index < -0.39 is 5.60 Å². The molecule has 1 aliphatic heterocycles. The summed E-state index contributed by atoms with van der Waals surface area (Å²) < 4.78 is 5.25. The fraction of sp³-hybridized carbons (Fsp3) is 0.667.